The topological polar surface area (TPSA) is 87.7 Å². The smallest absolute Gasteiger partial charge is 0.319 e. The molecule has 0 unspecified atom stereocenters. The molecular weight excluding hydrogens is 382 g/mol. The van der Waals surface area contributed by atoms with Crippen LogP contribution in [0.5, 0.6) is 0 Å². The van der Waals surface area contributed by atoms with Gasteiger partial charge in [0.2, 0.25) is 0 Å². The minimum atomic E-state index is -0.527. The number of hydrogen-bond donors (Lipinski definition) is 2. The Hall–Kier alpha value is -3.35. The van der Waals surface area contributed by atoms with E-state index in [-0.39, 0.29) is 31.5 Å². The highest BCUT2D eigenvalue weighted by Crippen LogP contribution is 2.33. The summed E-state index contributed by atoms with van der Waals surface area (Å²) >= 11 is 0. The van der Waals surface area contributed by atoms with E-state index in [1.165, 1.54) is 11.1 Å². The van der Waals surface area contributed by atoms with Crippen molar-refractivity contribution in [2.45, 2.75) is 31.7 Å². The third-order valence-corrected chi connectivity index (χ3v) is 5.20. The second-order valence-electron chi connectivity index (χ2n) is 7.27. The molecule has 0 aliphatic heterocycles. The van der Waals surface area contributed by atoms with Crippen LogP contribution in [0, 0.1) is 0 Å². The summed E-state index contributed by atoms with van der Waals surface area (Å²) in [6.45, 7) is -0.179. The van der Waals surface area contributed by atoms with Gasteiger partial charge >= 0.3 is 12.0 Å². The molecule has 1 aliphatic carbocycles. The number of ether oxygens (including phenoxy) is 1. The first-order chi connectivity index (χ1) is 14.5. The van der Waals surface area contributed by atoms with Crippen molar-refractivity contribution >= 4 is 23.6 Å². The third kappa shape index (κ3) is 5.83. The molecule has 0 heterocycles. The number of rotatable bonds is 7. The molecule has 0 aromatic heterocycles. The summed E-state index contributed by atoms with van der Waals surface area (Å²) in [4.78, 5) is 37.9. The van der Waals surface area contributed by atoms with Crippen LogP contribution in [0.4, 0.5) is 10.5 Å². The van der Waals surface area contributed by atoms with Crippen molar-refractivity contribution in [2.24, 2.45) is 0 Å². The minimum Gasteiger partial charge on any atom is -0.456 e. The monoisotopic (exact) mass is 409 g/mol. The zero-order valence-corrected chi connectivity index (χ0v) is 17.1. The molecule has 0 spiro atoms. The van der Waals surface area contributed by atoms with Gasteiger partial charge in [-0.2, -0.15) is 0 Å². The van der Waals surface area contributed by atoms with E-state index >= 15 is 0 Å². The first kappa shape index (κ1) is 21.4. The van der Waals surface area contributed by atoms with Gasteiger partial charge in [0, 0.05) is 19.3 Å². The number of para-hydroxylation sites is 1. The van der Waals surface area contributed by atoms with Gasteiger partial charge < -0.3 is 20.3 Å². The number of fused-ring (bicyclic) bond motifs is 1. The van der Waals surface area contributed by atoms with Gasteiger partial charge in [0.05, 0.1) is 12.5 Å². The van der Waals surface area contributed by atoms with E-state index in [1.807, 2.05) is 30.3 Å². The van der Waals surface area contributed by atoms with Crippen molar-refractivity contribution in [3.05, 3.63) is 65.7 Å². The quantitative estimate of drug-likeness (QED) is 0.687. The maximum atomic E-state index is 12.5. The van der Waals surface area contributed by atoms with E-state index < -0.39 is 12.0 Å². The number of esters is 1. The molecule has 1 atom stereocenters. The number of carbonyl (C=O) groups is 3. The van der Waals surface area contributed by atoms with Crippen LogP contribution in [-0.2, 0) is 20.7 Å². The number of likely N-dealkylation sites (N-methyl/N-ethyl adjacent to an activating group) is 1. The van der Waals surface area contributed by atoms with Crippen LogP contribution < -0.4 is 10.6 Å². The maximum absolute atomic E-state index is 12.5. The van der Waals surface area contributed by atoms with Gasteiger partial charge in [0.15, 0.2) is 6.61 Å². The summed E-state index contributed by atoms with van der Waals surface area (Å²) in [6.07, 6.45) is 2.93. The van der Waals surface area contributed by atoms with Crippen molar-refractivity contribution < 1.29 is 19.1 Å². The molecule has 0 fully saturated rings. The van der Waals surface area contributed by atoms with Crippen LogP contribution in [0.15, 0.2) is 54.6 Å². The first-order valence-electron chi connectivity index (χ1n) is 10.1. The maximum Gasteiger partial charge on any atom is 0.319 e. The molecule has 7 heteroatoms. The number of benzene rings is 2. The van der Waals surface area contributed by atoms with E-state index in [4.69, 9.17) is 4.74 Å². The number of anilines is 1. The van der Waals surface area contributed by atoms with Crippen LogP contribution in [0.1, 0.15) is 36.4 Å². The largest absolute Gasteiger partial charge is 0.456 e. The molecule has 1 aliphatic rings. The van der Waals surface area contributed by atoms with Gasteiger partial charge in [-0.1, -0.05) is 42.5 Å². The van der Waals surface area contributed by atoms with Crippen LogP contribution >= 0.6 is 0 Å². The molecule has 0 bridgehead atoms. The summed E-state index contributed by atoms with van der Waals surface area (Å²) < 4.78 is 5.10. The number of carbonyl (C=O) groups excluding carboxylic acids is 3. The Kier molecular flexibility index (Phi) is 7.43. The molecule has 0 radical (unpaired) electrons. The Morgan fingerprint density at radius 1 is 1.07 bits per heavy atom. The lowest BCUT2D eigenvalue weighted by Crippen LogP contribution is -2.36. The van der Waals surface area contributed by atoms with E-state index in [1.54, 1.807) is 24.1 Å². The average Bonchev–Trinajstić information content (AvgIpc) is 2.77. The van der Waals surface area contributed by atoms with E-state index in [0.717, 1.165) is 19.3 Å². The molecule has 0 saturated carbocycles. The fourth-order valence-corrected chi connectivity index (χ4v) is 3.60. The Labute approximate surface area is 176 Å². The number of urea groups is 1. The van der Waals surface area contributed by atoms with Gasteiger partial charge in [-0.25, -0.2) is 4.79 Å². The molecule has 30 heavy (non-hydrogen) atoms. The predicted molar refractivity (Wildman–Crippen MR) is 114 cm³/mol. The number of nitrogens with one attached hydrogen (secondary N) is 2. The van der Waals surface area contributed by atoms with Crippen LogP contribution in [0.2, 0.25) is 0 Å². The predicted octanol–water partition coefficient (Wildman–Crippen LogP) is 3.28. The van der Waals surface area contributed by atoms with Gasteiger partial charge in [-0.15, -0.1) is 0 Å². The summed E-state index contributed by atoms with van der Waals surface area (Å²) in [6, 6.07) is 16.8. The number of aryl methyl sites for hydroxylation is 1. The van der Waals surface area contributed by atoms with Crippen molar-refractivity contribution in [3.8, 4) is 0 Å². The standard InChI is InChI=1S/C23H27N3O4/c1-26(20-13-7-9-17-8-5-6-12-19(17)20)21(27)16-30-22(28)14-15-24-23(29)25-18-10-3-2-4-11-18/h2-6,8,10-12,20H,7,9,13-16H2,1H3,(H2,24,25,29)/t20-/m0/s1. The number of hydrogen-bond acceptors (Lipinski definition) is 4. The third-order valence-electron chi connectivity index (χ3n) is 5.20. The van der Waals surface area contributed by atoms with E-state index in [0.29, 0.717) is 5.69 Å². The van der Waals surface area contributed by atoms with Crippen molar-refractivity contribution in [1.82, 2.24) is 10.2 Å². The molecule has 2 N–H and O–H groups in total. The summed E-state index contributed by atoms with van der Waals surface area (Å²) in [5, 5.41) is 5.25. The highest BCUT2D eigenvalue weighted by Gasteiger charge is 2.26. The van der Waals surface area contributed by atoms with E-state index in [9.17, 15) is 14.4 Å². The number of amides is 3. The Morgan fingerprint density at radius 2 is 1.80 bits per heavy atom. The lowest BCUT2D eigenvalue weighted by Gasteiger charge is -2.33. The van der Waals surface area contributed by atoms with Crippen molar-refractivity contribution in [3.63, 3.8) is 0 Å². The summed E-state index contributed by atoms with van der Waals surface area (Å²) in [5.41, 5.74) is 3.10. The Balaban J connectivity index is 1.38. The first-order valence-corrected chi connectivity index (χ1v) is 10.1. The summed E-state index contributed by atoms with van der Waals surface area (Å²) in [7, 11) is 1.75. The average molecular weight is 409 g/mol. The molecule has 158 valence electrons. The minimum absolute atomic E-state index is 0.00417. The van der Waals surface area contributed by atoms with Gasteiger partial charge in [-0.3, -0.25) is 9.59 Å². The SMILES string of the molecule is CN(C(=O)COC(=O)CCNC(=O)Nc1ccccc1)[C@H]1CCCc2ccccc21. The summed E-state index contributed by atoms with van der Waals surface area (Å²) in [5.74, 6) is -0.763. The lowest BCUT2D eigenvalue weighted by atomic mass is 9.87. The zero-order chi connectivity index (χ0) is 21.3. The zero-order valence-electron chi connectivity index (χ0n) is 17.1. The molecule has 3 rings (SSSR count). The molecular formula is C23H27N3O4. The van der Waals surface area contributed by atoms with Crippen molar-refractivity contribution in [2.75, 3.05) is 25.5 Å². The highest BCUT2D eigenvalue weighted by molar-refractivity contribution is 5.89. The normalized spacial score (nSPS) is 14.9. The van der Waals surface area contributed by atoms with E-state index in [2.05, 4.69) is 22.8 Å². The van der Waals surface area contributed by atoms with Gasteiger partial charge in [-0.05, 0) is 42.5 Å². The highest BCUT2D eigenvalue weighted by atomic mass is 16.5. The molecule has 7 nitrogen and oxygen atoms in total. The molecule has 0 saturated heterocycles. The Morgan fingerprint density at radius 3 is 2.60 bits per heavy atom. The lowest BCUT2D eigenvalue weighted by molar-refractivity contribution is -0.152. The van der Waals surface area contributed by atoms with Crippen LogP contribution in [-0.4, -0.2) is 43.0 Å². The second kappa shape index (κ2) is 10.4. The Bertz CT molecular complexity index is 885. The molecule has 2 aromatic carbocycles. The second-order valence-corrected chi connectivity index (χ2v) is 7.27. The molecule has 3 amide bonds. The van der Waals surface area contributed by atoms with Crippen molar-refractivity contribution in [1.29, 1.82) is 0 Å². The van der Waals surface area contributed by atoms with Crippen LogP contribution in [0.25, 0.3) is 0 Å². The molecule has 2 aromatic rings. The fourth-order valence-electron chi connectivity index (χ4n) is 3.60. The van der Waals surface area contributed by atoms with Gasteiger partial charge in [0.25, 0.3) is 5.91 Å². The van der Waals surface area contributed by atoms with Gasteiger partial charge in [0.1, 0.15) is 0 Å². The fraction of sp³-hybridized carbons (Fsp3) is 0.348. The number of nitrogens with zero attached hydrogens (tertiary/aromatic N) is 1. The van der Waals surface area contributed by atoms with Crippen LogP contribution in [0.3, 0.4) is 0 Å².